The zero-order valence-corrected chi connectivity index (χ0v) is 12.7. The molecule has 1 atom stereocenters. The van der Waals surface area contributed by atoms with E-state index < -0.39 is 6.04 Å². The van der Waals surface area contributed by atoms with Crippen LogP contribution in [0.1, 0.15) is 43.5 Å². The highest BCUT2D eigenvalue weighted by molar-refractivity contribution is 6.30. The van der Waals surface area contributed by atoms with E-state index in [0.29, 0.717) is 10.6 Å². The van der Waals surface area contributed by atoms with E-state index in [-0.39, 0.29) is 11.2 Å². The first-order valence-corrected chi connectivity index (χ1v) is 6.98. The van der Waals surface area contributed by atoms with Gasteiger partial charge in [-0.1, -0.05) is 62.7 Å². The fourth-order valence-electron chi connectivity index (χ4n) is 2.12. The van der Waals surface area contributed by atoms with Crippen molar-refractivity contribution in [2.75, 3.05) is 0 Å². The van der Waals surface area contributed by atoms with Gasteiger partial charge in [0.15, 0.2) is 0 Å². The van der Waals surface area contributed by atoms with Gasteiger partial charge in [0.1, 0.15) is 5.82 Å². The minimum absolute atomic E-state index is 0.0914. The quantitative estimate of drug-likeness (QED) is 0.843. The number of rotatable bonds is 2. The highest BCUT2D eigenvalue weighted by Gasteiger charge is 2.16. The summed E-state index contributed by atoms with van der Waals surface area (Å²) in [5, 5.41) is 0.376. The second kappa shape index (κ2) is 5.55. The molecule has 0 aliphatic carbocycles. The Balaban J connectivity index is 2.31. The summed E-state index contributed by atoms with van der Waals surface area (Å²) in [5.41, 5.74) is 8.81. The molecule has 0 aliphatic heterocycles. The van der Waals surface area contributed by atoms with Crippen molar-refractivity contribution in [3.05, 3.63) is 70.0 Å². The van der Waals surface area contributed by atoms with Gasteiger partial charge in [-0.15, -0.1) is 0 Å². The van der Waals surface area contributed by atoms with Gasteiger partial charge in [-0.2, -0.15) is 0 Å². The summed E-state index contributed by atoms with van der Waals surface area (Å²) in [5.74, 6) is -0.370. The molecule has 106 valence electrons. The number of benzene rings is 2. The average molecular weight is 292 g/mol. The van der Waals surface area contributed by atoms with Crippen LogP contribution in [0.25, 0.3) is 0 Å². The molecule has 0 saturated carbocycles. The minimum Gasteiger partial charge on any atom is -0.320 e. The van der Waals surface area contributed by atoms with Crippen LogP contribution in [-0.2, 0) is 5.41 Å². The van der Waals surface area contributed by atoms with Gasteiger partial charge >= 0.3 is 0 Å². The average Bonchev–Trinajstić information content (AvgIpc) is 2.37. The van der Waals surface area contributed by atoms with Crippen molar-refractivity contribution < 1.29 is 4.39 Å². The second-order valence-electron chi connectivity index (χ2n) is 6.02. The molecule has 0 bridgehead atoms. The Morgan fingerprint density at radius 2 is 1.65 bits per heavy atom. The molecule has 0 radical (unpaired) electrons. The zero-order valence-electron chi connectivity index (χ0n) is 12.0. The Hall–Kier alpha value is -1.38. The second-order valence-corrected chi connectivity index (χ2v) is 6.45. The summed E-state index contributed by atoms with van der Waals surface area (Å²) in [6.07, 6.45) is 0. The molecule has 0 spiro atoms. The summed E-state index contributed by atoms with van der Waals surface area (Å²) in [6, 6.07) is 12.1. The standard InChI is InChI=1S/C17H19ClFN/c1-17(2,3)12-6-4-11(5-7-12)16(20)14-9-8-13(18)10-15(14)19/h4-10,16H,20H2,1-3H3. The van der Waals surface area contributed by atoms with Crippen molar-refractivity contribution in [3.8, 4) is 0 Å². The van der Waals surface area contributed by atoms with E-state index in [0.717, 1.165) is 5.56 Å². The molecule has 0 amide bonds. The monoisotopic (exact) mass is 291 g/mol. The summed E-state index contributed by atoms with van der Waals surface area (Å²) < 4.78 is 13.9. The third-order valence-electron chi connectivity index (χ3n) is 3.43. The summed E-state index contributed by atoms with van der Waals surface area (Å²) >= 11 is 5.76. The maximum atomic E-state index is 13.9. The number of hydrogen-bond donors (Lipinski definition) is 1. The van der Waals surface area contributed by atoms with Crippen molar-refractivity contribution in [3.63, 3.8) is 0 Å². The topological polar surface area (TPSA) is 26.0 Å². The molecule has 1 unspecified atom stereocenters. The van der Waals surface area contributed by atoms with E-state index >= 15 is 0 Å². The van der Waals surface area contributed by atoms with Crippen LogP contribution < -0.4 is 5.73 Å². The van der Waals surface area contributed by atoms with Crippen LogP contribution in [0.15, 0.2) is 42.5 Å². The van der Waals surface area contributed by atoms with Gasteiger partial charge in [0.25, 0.3) is 0 Å². The van der Waals surface area contributed by atoms with Crippen LogP contribution in [-0.4, -0.2) is 0 Å². The minimum atomic E-state index is -0.485. The Kier molecular flexibility index (Phi) is 4.17. The molecule has 2 aromatic rings. The molecule has 1 nitrogen and oxygen atoms in total. The molecule has 2 N–H and O–H groups in total. The van der Waals surface area contributed by atoms with Gasteiger partial charge in [-0.05, 0) is 28.7 Å². The highest BCUT2D eigenvalue weighted by atomic mass is 35.5. The molecule has 3 heteroatoms. The van der Waals surface area contributed by atoms with Gasteiger partial charge in [0.2, 0.25) is 0 Å². The van der Waals surface area contributed by atoms with E-state index in [1.165, 1.54) is 11.6 Å². The lowest BCUT2D eigenvalue weighted by Gasteiger charge is -2.20. The number of halogens is 2. The van der Waals surface area contributed by atoms with Crippen molar-refractivity contribution >= 4 is 11.6 Å². The largest absolute Gasteiger partial charge is 0.320 e. The molecule has 0 heterocycles. The molecule has 0 saturated heterocycles. The first-order chi connectivity index (χ1) is 9.29. The lowest BCUT2D eigenvalue weighted by molar-refractivity contribution is 0.588. The normalized spacial score (nSPS) is 13.3. The fraction of sp³-hybridized carbons (Fsp3) is 0.294. The van der Waals surface area contributed by atoms with Gasteiger partial charge in [0, 0.05) is 10.6 Å². The van der Waals surface area contributed by atoms with Crippen LogP contribution in [0, 0.1) is 5.82 Å². The Morgan fingerprint density at radius 1 is 1.05 bits per heavy atom. The van der Waals surface area contributed by atoms with Crippen molar-refractivity contribution in [1.82, 2.24) is 0 Å². The van der Waals surface area contributed by atoms with E-state index in [1.807, 2.05) is 24.3 Å². The first kappa shape index (κ1) is 15.0. The molecule has 2 rings (SSSR count). The lowest BCUT2D eigenvalue weighted by atomic mass is 9.86. The molecular formula is C17H19ClFN. The lowest BCUT2D eigenvalue weighted by Crippen LogP contribution is -2.15. The molecule has 0 aliphatic rings. The molecule has 2 aromatic carbocycles. The van der Waals surface area contributed by atoms with Gasteiger partial charge in [-0.25, -0.2) is 4.39 Å². The summed E-state index contributed by atoms with van der Waals surface area (Å²) in [4.78, 5) is 0. The fourth-order valence-corrected chi connectivity index (χ4v) is 2.28. The molecule has 20 heavy (non-hydrogen) atoms. The summed E-state index contributed by atoms with van der Waals surface area (Å²) in [6.45, 7) is 6.46. The smallest absolute Gasteiger partial charge is 0.129 e. The van der Waals surface area contributed by atoms with E-state index in [1.54, 1.807) is 12.1 Å². The molecule has 0 fully saturated rings. The Morgan fingerprint density at radius 3 is 2.15 bits per heavy atom. The third kappa shape index (κ3) is 3.20. The zero-order chi connectivity index (χ0) is 14.9. The number of nitrogens with two attached hydrogens (primary N) is 1. The van der Waals surface area contributed by atoms with E-state index in [9.17, 15) is 4.39 Å². The SMILES string of the molecule is CC(C)(C)c1ccc(C(N)c2ccc(Cl)cc2F)cc1. The van der Waals surface area contributed by atoms with E-state index in [4.69, 9.17) is 17.3 Å². The van der Waals surface area contributed by atoms with Gasteiger partial charge in [0.05, 0.1) is 6.04 Å². The van der Waals surface area contributed by atoms with Crippen LogP contribution in [0.3, 0.4) is 0 Å². The van der Waals surface area contributed by atoms with Crippen LogP contribution in [0.2, 0.25) is 5.02 Å². The van der Waals surface area contributed by atoms with E-state index in [2.05, 4.69) is 20.8 Å². The Labute approximate surface area is 124 Å². The summed E-state index contributed by atoms with van der Waals surface area (Å²) in [7, 11) is 0. The van der Waals surface area contributed by atoms with Crippen molar-refractivity contribution in [2.24, 2.45) is 5.73 Å². The predicted octanol–water partition coefficient (Wildman–Crippen LogP) is 4.82. The van der Waals surface area contributed by atoms with Crippen molar-refractivity contribution in [2.45, 2.75) is 32.2 Å². The van der Waals surface area contributed by atoms with Crippen LogP contribution in [0.4, 0.5) is 4.39 Å². The highest BCUT2D eigenvalue weighted by Crippen LogP contribution is 2.27. The van der Waals surface area contributed by atoms with Crippen LogP contribution in [0.5, 0.6) is 0 Å². The number of hydrogen-bond acceptors (Lipinski definition) is 1. The molecule has 0 aromatic heterocycles. The Bertz CT molecular complexity index is 599. The first-order valence-electron chi connectivity index (χ1n) is 6.60. The maximum absolute atomic E-state index is 13.9. The third-order valence-corrected chi connectivity index (χ3v) is 3.67. The predicted molar refractivity (Wildman–Crippen MR) is 82.6 cm³/mol. The van der Waals surface area contributed by atoms with Crippen molar-refractivity contribution in [1.29, 1.82) is 0 Å². The van der Waals surface area contributed by atoms with Gasteiger partial charge < -0.3 is 5.73 Å². The maximum Gasteiger partial charge on any atom is 0.129 e. The van der Waals surface area contributed by atoms with Gasteiger partial charge in [-0.3, -0.25) is 0 Å². The van der Waals surface area contributed by atoms with Crippen LogP contribution >= 0.6 is 11.6 Å². The molecular weight excluding hydrogens is 273 g/mol.